The number of anilines is 3. The van der Waals surface area contributed by atoms with Crippen LogP contribution < -0.4 is 16.0 Å². The van der Waals surface area contributed by atoms with Crippen LogP contribution in [0.1, 0.15) is 12.8 Å². The molecule has 0 atom stereocenters. The van der Waals surface area contributed by atoms with Gasteiger partial charge in [-0.05, 0) is 12.8 Å². The summed E-state index contributed by atoms with van der Waals surface area (Å²) in [5.74, 6) is 1.40. The van der Waals surface area contributed by atoms with Crippen molar-refractivity contribution < 1.29 is 8.42 Å². The average Bonchev–Trinajstić information content (AvgIpc) is 2.31. The van der Waals surface area contributed by atoms with Crippen molar-refractivity contribution >= 4 is 27.7 Å². The number of nitrogen functional groups attached to an aromatic ring is 1. The van der Waals surface area contributed by atoms with E-state index in [1.165, 1.54) is 0 Å². The Morgan fingerprint density at radius 2 is 1.84 bits per heavy atom. The molecule has 1 aliphatic rings. The summed E-state index contributed by atoms with van der Waals surface area (Å²) in [6, 6.07) is 0.0559. The molecule has 2 rings (SSSR count). The number of hydrogen-bond donors (Lipinski definition) is 2. The second kappa shape index (κ2) is 5.16. The lowest BCUT2D eigenvalue weighted by Crippen LogP contribution is -2.33. The molecule has 9 heteroatoms. The Hall–Kier alpha value is -1.64. The number of hydrogen-bond acceptors (Lipinski definition) is 8. The fourth-order valence-electron chi connectivity index (χ4n) is 1.86. The predicted molar refractivity (Wildman–Crippen MR) is 73.9 cm³/mol. The average molecular weight is 286 g/mol. The van der Waals surface area contributed by atoms with Gasteiger partial charge in [0.2, 0.25) is 17.8 Å². The molecule has 2 heterocycles. The van der Waals surface area contributed by atoms with Crippen LogP contribution in [0, 0.1) is 0 Å². The topological polar surface area (TPSA) is 114 Å². The number of nitrogens with two attached hydrogens (primary N) is 1. The lowest BCUT2D eigenvalue weighted by molar-refractivity contribution is 0.558. The molecule has 1 aromatic heterocycles. The van der Waals surface area contributed by atoms with Crippen LogP contribution in [-0.2, 0) is 9.84 Å². The van der Waals surface area contributed by atoms with Gasteiger partial charge in [0, 0.05) is 20.1 Å². The highest BCUT2D eigenvalue weighted by Gasteiger charge is 2.24. The summed E-state index contributed by atoms with van der Waals surface area (Å²) >= 11 is 0. The maximum Gasteiger partial charge on any atom is 0.231 e. The molecule has 0 bridgehead atoms. The summed E-state index contributed by atoms with van der Waals surface area (Å²) in [6.07, 6.45) is 1.12. The number of sulfone groups is 1. The van der Waals surface area contributed by atoms with Crippen LogP contribution in [0.4, 0.5) is 17.8 Å². The van der Waals surface area contributed by atoms with E-state index in [1.54, 1.807) is 4.90 Å². The zero-order chi connectivity index (χ0) is 14.0. The van der Waals surface area contributed by atoms with E-state index in [0.29, 0.717) is 24.7 Å². The molecule has 0 amide bonds. The minimum Gasteiger partial charge on any atom is -0.368 e. The van der Waals surface area contributed by atoms with Crippen molar-refractivity contribution in [2.24, 2.45) is 0 Å². The quantitative estimate of drug-likeness (QED) is 0.765. The Morgan fingerprint density at radius 1 is 1.21 bits per heavy atom. The van der Waals surface area contributed by atoms with Crippen LogP contribution in [0.15, 0.2) is 0 Å². The summed E-state index contributed by atoms with van der Waals surface area (Å²) in [5, 5.41) is 3.12. The Bertz CT molecular complexity index is 545. The summed E-state index contributed by atoms with van der Waals surface area (Å²) < 4.78 is 22.7. The Balaban J connectivity index is 2.07. The monoisotopic (exact) mass is 286 g/mol. The molecular formula is C10H18N6O2S. The van der Waals surface area contributed by atoms with Crippen molar-refractivity contribution in [3.63, 3.8) is 0 Å². The minimum atomic E-state index is -2.86. The standard InChI is InChI=1S/C10H18N6O2S/c1-16(2)10-14-8(11)13-9(15-10)12-7-3-5-19(17,18)6-4-7/h7H,3-6H2,1-2H3,(H3,11,12,13,14,15). The van der Waals surface area contributed by atoms with Crippen molar-refractivity contribution in [3.05, 3.63) is 0 Å². The molecule has 0 saturated carbocycles. The smallest absolute Gasteiger partial charge is 0.231 e. The molecule has 1 aliphatic heterocycles. The number of nitrogens with one attached hydrogen (secondary N) is 1. The molecule has 0 spiro atoms. The van der Waals surface area contributed by atoms with Crippen LogP contribution in [0.2, 0.25) is 0 Å². The third-order valence-electron chi connectivity index (χ3n) is 2.93. The van der Waals surface area contributed by atoms with Gasteiger partial charge in [-0.1, -0.05) is 0 Å². The summed E-state index contributed by atoms with van der Waals surface area (Å²) in [6.45, 7) is 0. The van der Waals surface area contributed by atoms with Gasteiger partial charge in [-0.25, -0.2) is 8.42 Å². The van der Waals surface area contributed by atoms with E-state index in [2.05, 4.69) is 20.3 Å². The first-order chi connectivity index (χ1) is 8.85. The number of nitrogens with zero attached hydrogens (tertiary/aromatic N) is 4. The highest BCUT2D eigenvalue weighted by atomic mass is 32.2. The summed E-state index contributed by atoms with van der Waals surface area (Å²) in [4.78, 5) is 14.0. The first kappa shape index (κ1) is 13.8. The molecule has 0 unspecified atom stereocenters. The van der Waals surface area contributed by atoms with Gasteiger partial charge in [0.05, 0.1) is 11.5 Å². The molecule has 3 N–H and O–H groups in total. The van der Waals surface area contributed by atoms with Gasteiger partial charge in [-0.3, -0.25) is 0 Å². The van der Waals surface area contributed by atoms with Crippen LogP contribution in [0.5, 0.6) is 0 Å². The Kier molecular flexibility index (Phi) is 3.74. The van der Waals surface area contributed by atoms with Crippen molar-refractivity contribution in [3.8, 4) is 0 Å². The van der Waals surface area contributed by atoms with Crippen molar-refractivity contribution in [1.82, 2.24) is 15.0 Å². The number of rotatable bonds is 3. The van der Waals surface area contributed by atoms with E-state index in [1.807, 2.05) is 14.1 Å². The maximum absolute atomic E-state index is 11.4. The molecule has 106 valence electrons. The van der Waals surface area contributed by atoms with Crippen molar-refractivity contribution in [2.75, 3.05) is 41.6 Å². The van der Waals surface area contributed by atoms with Crippen LogP contribution in [0.3, 0.4) is 0 Å². The lowest BCUT2D eigenvalue weighted by atomic mass is 10.2. The predicted octanol–water partition coefficient (Wildman–Crippen LogP) is -0.491. The van der Waals surface area contributed by atoms with E-state index >= 15 is 0 Å². The van der Waals surface area contributed by atoms with Gasteiger partial charge in [-0.2, -0.15) is 15.0 Å². The second-order valence-corrected chi connectivity index (χ2v) is 7.09. The van der Waals surface area contributed by atoms with Gasteiger partial charge in [0.25, 0.3) is 0 Å². The summed E-state index contributed by atoms with van der Waals surface area (Å²) in [5.41, 5.74) is 5.62. The zero-order valence-corrected chi connectivity index (χ0v) is 11.8. The fourth-order valence-corrected chi connectivity index (χ4v) is 3.35. The molecule has 1 saturated heterocycles. The largest absolute Gasteiger partial charge is 0.368 e. The molecule has 19 heavy (non-hydrogen) atoms. The third kappa shape index (κ3) is 3.66. The SMILES string of the molecule is CN(C)c1nc(N)nc(NC2CCS(=O)(=O)CC2)n1. The van der Waals surface area contributed by atoms with Gasteiger partial charge < -0.3 is 16.0 Å². The van der Waals surface area contributed by atoms with E-state index in [0.717, 1.165) is 0 Å². The zero-order valence-electron chi connectivity index (χ0n) is 11.0. The van der Waals surface area contributed by atoms with E-state index in [9.17, 15) is 8.42 Å². The summed E-state index contributed by atoms with van der Waals surface area (Å²) in [7, 11) is 0.759. The first-order valence-electron chi connectivity index (χ1n) is 6.01. The Labute approximate surface area is 112 Å². The van der Waals surface area contributed by atoms with Crippen LogP contribution >= 0.6 is 0 Å². The maximum atomic E-state index is 11.4. The van der Waals surface area contributed by atoms with Gasteiger partial charge in [0.1, 0.15) is 9.84 Å². The van der Waals surface area contributed by atoms with Gasteiger partial charge in [-0.15, -0.1) is 0 Å². The molecule has 1 aromatic rings. The van der Waals surface area contributed by atoms with Gasteiger partial charge in [0.15, 0.2) is 0 Å². The number of aromatic nitrogens is 3. The van der Waals surface area contributed by atoms with E-state index in [-0.39, 0.29) is 23.5 Å². The lowest BCUT2D eigenvalue weighted by Gasteiger charge is -2.23. The molecule has 0 aromatic carbocycles. The molecule has 8 nitrogen and oxygen atoms in total. The first-order valence-corrected chi connectivity index (χ1v) is 7.84. The van der Waals surface area contributed by atoms with E-state index in [4.69, 9.17) is 5.73 Å². The molecule has 1 fully saturated rings. The third-order valence-corrected chi connectivity index (χ3v) is 4.64. The van der Waals surface area contributed by atoms with E-state index < -0.39 is 9.84 Å². The molecule has 0 radical (unpaired) electrons. The normalized spacial score (nSPS) is 19.1. The van der Waals surface area contributed by atoms with Crippen molar-refractivity contribution in [2.45, 2.75) is 18.9 Å². The minimum absolute atomic E-state index is 0.0559. The van der Waals surface area contributed by atoms with Gasteiger partial charge >= 0.3 is 0 Å². The molecular weight excluding hydrogens is 268 g/mol. The fraction of sp³-hybridized carbons (Fsp3) is 0.700. The Morgan fingerprint density at radius 3 is 2.42 bits per heavy atom. The molecule has 0 aliphatic carbocycles. The van der Waals surface area contributed by atoms with Crippen molar-refractivity contribution in [1.29, 1.82) is 0 Å². The second-order valence-electron chi connectivity index (χ2n) is 4.78. The van der Waals surface area contributed by atoms with Crippen LogP contribution in [0.25, 0.3) is 0 Å². The highest BCUT2D eigenvalue weighted by Crippen LogP contribution is 2.17. The van der Waals surface area contributed by atoms with Crippen LogP contribution in [-0.4, -0.2) is 55.0 Å². The highest BCUT2D eigenvalue weighted by molar-refractivity contribution is 7.91.